The van der Waals surface area contributed by atoms with Gasteiger partial charge in [0, 0.05) is 34.1 Å². The normalized spacial score (nSPS) is 13.3. The van der Waals surface area contributed by atoms with Crippen LogP contribution in [0.2, 0.25) is 0 Å². The first-order chi connectivity index (χ1) is 22.7. The van der Waals surface area contributed by atoms with Crippen LogP contribution in [0.4, 0.5) is 34.1 Å². The van der Waals surface area contributed by atoms with Gasteiger partial charge in [-0.2, -0.15) is 0 Å². The number of fused-ring (bicyclic) bond motifs is 4. The molecular formula is C43H33BN2. The molecule has 0 saturated heterocycles. The first-order valence-corrected chi connectivity index (χ1v) is 15.9. The fraction of sp³-hybridized carbons (Fsp3) is 0.0233. The lowest BCUT2D eigenvalue weighted by atomic mass is 9.33. The van der Waals surface area contributed by atoms with E-state index in [2.05, 4.69) is 181 Å². The minimum atomic E-state index is 0.102. The van der Waals surface area contributed by atoms with Gasteiger partial charge in [0.05, 0.1) is 0 Å². The van der Waals surface area contributed by atoms with Crippen LogP contribution in [0.1, 0.15) is 12.5 Å². The van der Waals surface area contributed by atoms with Gasteiger partial charge in [0.25, 0.3) is 6.71 Å². The van der Waals surface area contributed by atoms with Crippen LogP contribution in [0.25, 0.3) is 16.7 Å². The molecule has 218 valence electrons. The molecule has 2 aliphatic rings. The third kappa shape index (κ3) is 4.60. The van der Waals surface area contributed by atoms with E-state index in [-0.39, 0.29) is 6.71 Å². The number of rotatable bonds is 6. The van der Waals surface area contributed by atoms with Crippen LogP contribution >= 0.6 is 0 Å². The van der Waals surface area contributed by atoms with E-state index in [4.69, 9.17) is 0 Å². The third-order valence-electron chi connectivity index (χ3n) is 9.18. The van der Waals surface area contributed by atoms with Gasteiger partial charge in [-0.3, -0.25) is 0 Å². The Morgan fingerprint density at radius 1 is 0.543 bits per heavy atom. The minimum absolute atomic E-state index is 0.102. The zero-order valence-corrected chi connectivity index (χ0v) is 25.8. The van der Waals surface area contributed by atoms with Crippen LogP contribution in [0.5, 0.6) is 0 Å². The lowest BCUT2D eigenvalue weighted by molar-refractivity contribution is 1.25. The van der Waals surface area contributed by atoms with Gasteiger partial charge in [0.1, 0.15) is 0 Å². The summed E-state index contributed by atoms with van der Waals surface area (Å²) in [6.07, 6.45) is 8.00. The van der Waals surface area contributed by atoms with Gasteiger partial charge in [-0.1, -0.05) is 128 Å². The molecule has 8 rings (SSSR count). The van der Waals surface area contributed by atoms with Gasteiger partial charge in [0.15, 0.2) is 0 Å². The number of benzene rings is 6. The second-order valence-electron chi connectivity index (χ2n) is 11.9. The van der Waals surface area contributed by atoms with Crippen molar-refractivity contribution in [3.63, 3.8) is 0 Å². The molecule has 2 heterocycles. The van der Waals surface area contributed by atoms with Crippen molar-refractivity contribution in [3.8, 4) is 11.1 Å². The summed E-state index contributed by atoms with van der Waals surface area (Å²) in [7, 11) is 0. The standard InChI is InChI=1S/C43H33BN2/c1-3-4-7-16-31(2)33-27-28-38-42(30-33)46(36-22-14-19-34(29-36)32-17-8-5-9-18-32)41-26-15-25-40-43(41)44(38)37-23-12-13-24-39(37)45(40)35-20-10-6-11-21-35/h3-30H,1H2,2H3/b7-4-,31-16+. The largest absolute Gasteiger partial charge is 0.311 e. The molecule has 6 aromatic rings. The minimum Gasteiger partial charge on any atom is -0.311 e. The summed E-state index contributed by atoms with van der Waals surface area (Å²) in [5.74, 6) is 0. The summed E-state index contributed by atoms with van der Waals surface area (Å²) in [5, 5.41) is 0. The predicted molar refractivity (Wildman–Crippen MR) is 199 cm³/mol. The smallest absolute Gasteiger partial charge is 0.252 e. The molecule has 0 amide bonds. The molecule has 0 spiro atoms. The summed E-state index contributed by atoms with van der Waals surface area (Å²) in [6.45, 7) is 6.11. The Kier molecular flexibility index (Phi) is 7.00. The highest BCUT2D eigenvalue weighted by Crippen LogP contribution is 2.44. The van der Waals surface area contributed by atoms with Crippen LogP contribution in [-0.4, -0.2) is 6.71 Å². The first-order valence-electron chi connectivity index (χ1n) is 15.9. The molecule has 46 heavy (non-hydrogen) atoms. The average molecular weight is 589 g/mol. The lowest BCUT2D eigenvalue weighted by Crippen LogP contribution is -2.61. The Hall–Kier alpha value is -5.80. The predicted octanol–water partition coefficient (Wildman–Crippen LogP) is 9.58. The van der Waals surface area contributed by atoms with Gasteiger partial charge in [-0.25, -0.2) is 0 Å². The zero-order chi connectivity index (χ0) is 31.0. The molecule has 3 heteroatoms. The number of para-hydroxylation sites is 2. The van der Waals surface area contributed by atoms with Gasteiger partial charge >= 0.3 is 0 Å². The second kappa shape index (κ2) is 11.6. The molecular weight excluding hydrogens is 555 g/mol. The quantitative estimate of drug-likeness (QED) is 0.141. The monoisotopic (exact) mass is 588 g/mol. The molecule has 0 aliphatic carbocycles. The average Bonchev–Trinajstić information content (AvgIpc) is 3.12. The highest BCUT2D eigenvalue weighted by molar-refractivity contribution is 7.00. The van der Waals surface area contributed by atoms with E-state index in [1.165, 1.54) is 61.4 Å². The van der Waals surface area contributed by atoms with Crippen LogP contribution in [0.3, 0.4) is 0 Å². The van der Waals surface area contributed by atoms with Gasteiger partial charge < -0.3 is 9.80 Å². The molecule has 0 aromatic heterocycles. The van der Waals surface area contributed by atoms with Crippen molar-refractivity contribution in [2.75, 3.05) is 9.80 Å². The van der Waals surface area contributed by atoms with Crippen LogP contribution < -0.4 is 26.2 Å². The molecule has 0 unspecified atom stereocenters. The van der Waals surface area contributed by atoms with Crippen molar-refractivity contribution in [2.45, 2.75) is 6.92 Å². The van der Waals surface area contributed by atoms with E-state index in [0.717, 1.165) is 11.4 Å². The van der Waals surface area contributed by atoms with Crippen molar-refractivity contribution in [3.05, 3.63) is 182 Å². The molecule has 6 aromatic carbocycles. The molecule has 0 atom stereocenters. The fourth-order valence-electron chi connectivity index (χ4n) is 7.09. The Labute approximate surface area is 272 Å². The topological polar surface area (TPSA) is 6.48 Å². The maximum atomic E-state index is 3.83. The third-order valence-corrected chi connectivity index (χ3v) is 9.18. The van der Waals surface area contributed by atoms with E-state index in [0.29, 0.717) is 0 Å². The molecule has 0 saturated carbocycles. The highest BCUT2D eigenvalue weighted by atomic mass is 15.2. The van der Waals surface area contributed by atoms with Crippen LogP contribution in [0.15, 0.2) is 176 Å². The van der Waals surface area contributed by atoms with Crippen molar-refractivity contribution in [2.24, 2.45) is 0 Å². The number of allylic oxidation sites excluding steroid dienone is 5. The van der Waals surface area contributed by atoms with Crippen molar-refractivity contribution in [1.82, 2.24) is 0 Å². The van der Waals surface area contributed by atoms with Crippen molar-refractivity contribution in [1.29, 1.82) is 0 Å². The van der Waals surface area contributed by atoms with Gasteiger partial charge in [0.2, 0.25) is 0 Å². The highest BCUT2D eigenvalue weighted by Gasteiger charge is 2.42. The summed E-state index contributed by atoms with van der Waals surface area (Å²) in [4.78, 5) is 4.91. The van der Waals surface area contributed by atoms with E-state index in [1.54, 1.807) is 0 Å². The van der Waals surface area contributed by atoms with Crippen LogP contribution in [-0.2, 0) is 0 Å². The maximum absolute atomic E-state index is 3.83. The first kappa shape index (κ1) is 27.7. The Morgan fingerprint density at radius 2 is 1.15 bits per heavy atom. The molecule has 0 N–H and O–H groups in total. The summed E-state index contributed by atoms with van der Waals surface area (Å²) in [5.41, 5.74) is 15.9. The second-order valence-corrected chi connectivity index (χ2v) is 11.9. The summed E-state index contributed by atoms with van der Waals surface area (Å²) >= 11 is 0. The molecule has 0 bridgehead atoms. The van der Waals surface area contributed by atoms with E-state index in [1.807, 2.05) is 12.2 Å². The van der Waals surface area contributed by atoms with Gasteiger partial charge in [-0.05, 0) is 94.1 Å². The molecule has 2 aliphatic heterocycles. The number of hydrogen-bond donors (Lipinski definition) is 0. The lowest BCUT2D eigenvalue weighted by Gasteiger charge is -2.44. The summed E-state index contributed by atoms with van der Waals surface area (Å²) in [6, 6.07) is 53.0. The summed E-state index contributed by atoms with van der Waals surface area (Å²) < 4.78 is 0. The number of nitrogens with zero attached hydrogens (tertiary/aromatic N) is 2. The maximum Gasteiger partial charge on any atom is 0.252 e. The molecule has 0 fully saturated rings. The number of hydrogen-bond acceptors (Lipinski definition) is 2. The van der Waals surface area contributed by atoms with Crippen LogP contribution in [0, 0.1) is 0 Å². The van der Waals surface area contributed by atoms with Crippen molar-refractivity contribution >= 4 is 62.8 Å². The zero-order valence-electron chi connectivity index (χ0n) is 25.8. The van der Waals surface area contributed by atoms with E-state index >= 15 is 0 Å². The molecule has 0 radical (unpaired) electrons. The van der Waals surface area contributed by atoms with E-state index in [9.17, 15) is 0 Å². The Bertz CT molecular complexity index is 2150. The van der Waals surface area contributed by atoms with Crippen molar-refractivity contribution < 1.29 is 0 Å². The Morgan fingerprint density at radius 3 is 1.93 bits per heavy atom. The van der Waals surface area contributed by atoms with E-state index < -0.39 is 0 Å². The molecule has 2 nitrogen and oxygen atoms in total. The fourth-order valence-corrected chi connectivity index (χ4v) is 7.09. The number of anilines is 6. The van der Waals surface area contributed by atoms with Gasteiger partial charge in [-0.15, -0.1) is 0 Å². The Balaban J connectivity index is 1.40. The SMILES string of the molecule is C=C/C=C\C=C(/C)c1ccc2c(c1)N(c1cccc(-c3ccccc3)c1)c1cccc3c1B2c1ccccc1N3c1ccccc1.